The summed E-state index contributed by atoms with van der Waals surface area (Å²) in [4.78, 5) is 1.30. The Labute approximate surface area is 176 Å². The molecule has 0 N–H and O–H groups in total. The first kappa shape index (κ1) is 19.2. The van der Waals surface area contributed by atoms with E-state index in [4.69, 9.17) is 4.74 Å². The van der Waals surface area contributed by atoms with Crippen LogP contribution < -0.4 is 9.30 Å². The van der Waals surface area contributed by atoms with Gasteiger partial charge in [0, 0.05) is 11.6 Å². The molecule has 0 atom stereocenters. The maximum Gasteiger partial charge on any atom is 0.262 e. The Morgan fingerprint density at radius 1 is 0.793 bits per heavy atom. The minimum Gasteiger partial charge on any atom is -0.497 e. The van der Waals surface area contributed by atoms with Gasteiger partial charge in [-0.25, -0.2) is 0 Å². The van der Waals surface area contributed by atoms with E-state index in [-0.39, 0.29) is 0 Å². The lowest BCUT2D eigenvalue weighted by molar-refractivity contribution is -0.679. The minimum atomic E-state index is 0.875. The molecular formula is C26H24NOS+. The highest BCUT2D eigenvalue weighted by atomic mass is 32.1. The van der Waals surface area contributed by atoms with Crippen LogP contribution in [0.5, 0.6) is 5.75 Å². The zero-order valence-corrected chi connectivity index (χ0v) is 17.5. The Bertz CT molecular complexity index is 1100. The Balaban J connectivity index is 1.82. The molecule has 144 valence electrons. The fraction of sp³-hybridized carbons (Fsp3) is 0.115. The Kier molecular flexibility index (Phi) is 5.87. The quantitative estimate of drug-likeness (QED) is 0.335. The fourth-order valence-corrected chi connectivity index (χ4v) is 4.68. The average molecular weight is 399 g/mol. The molecule has 2 nitrogen and oxygen atoms in total. The maximum atomic E-state index is 5.26. The van der Waals surface area contributed by atoms with E-state index in [2.05, 4.69) is 96.4 Å². The van der Waals surface area contributed by atoms with Gasteiger partial charge in [0.25, 0.3) is 5.01 Å². The lowest BCUT2D eigenvalue weighted by Crippen LogP contribution is -2.35. The second-order valence-corrected chi connectivity index (χ2v) is 7.73. The SMILES string of the molecule is CC[n+]1c(C=Cc2ccc(OC)cc2)sc(-c2ccccc2)c1-c1ccccc1. The van der Waals surface area contributed by atoms with Crippen LogP contribution in [0.4, 0.5) is 0 Å². The zero-order chi connectivity index (χ0) is 20.1. The van der Waals surface area contributed by atoms with Gasteiger partial charge in [-0.2, -0.15) is 4.57 Å². The van der Waals surface area contributed by atoms with Crippen molar-refractivity contribution in [3.63, 3.8) is 0 Å². The van der Waals surface area contributed by atoms with Crippen LogP contribution in [0.2, 0.25) is 0 Å². The van der Waals surface area contributed by atoms with Crippen LogP contribution in [-0.2, 0) is 6.54 Å². The first-order valence-corrected chi connectivity index (χ1v) is 10.6. The largest absolute Gasteiger partial charge is 0.497 e. The molecule has 4 aromatic rings. The van der Waals surface area contributed by atoms with Crippen LogP contribution >= 0.6 is 11.3 Å². The van der Waals surface area contributed by atoms with E-state index >= 15 is 0 Å². The normalized spacial score (nSPS) is 11.1. The zero-order valence-electron chi connectivity index (χ0n) is 16.7. The number of methoxy groups -OCH3 is 1. The summed E-state index contributed by atoms with van der Waals surface area (Å²) in [6, 6.07) is 29.5. The van der Waals surface area contributed by atoms with Crippen molar-refractivity contribution >= 4 is 23.5 Å². The van der Waals surface area contributed by atoms with E-state index in [1.807, 2.05) is 23.5 Å². The van der Waals surface area contributed by atoms with Crippen molar-refractivity contribution in [3.05, 3.63) is 95.5 Å². The molecule has 4 rings (SSSR count). The smallest absolute Gasteiger partial charge is 0.262 e. The Morgan fingerprint density at radius 3 is 2.00 bits per heavy atom. The van der Waals surface area contributed by atoms with Crippen LogP contribution in [0.1, 0.15) is 17.5 Å². The molecule has 0 saturated heterocycles. The molecule has 0 fully saturated rings. The number of ether oxygens (including phenoxy) is 1. The van der Waals surface area contributed by atoms with Gasteiger partial charge in [0.15, 0.2) is 0 Å². The summed E-state index contributed by atoms with van der Waals surface area (Å²) >= 11 is 1.84. The Morgan fingerprint density at radius 2 is 1.41 bits per heavy atom. The molecule has 0 radical (unpaired) electrons. The van der Waals surface area contributed by atoms with Crippen molar-refractivity contribution in [2.75, 3.05) is 7.11 Å². The highest BCUT2D eigenvalue weighted by Crippen LogP contribution is 2.36. The summed E-state index contributed by atoms with van der Waals surface area (Å²) in [6.07, 6.45) is 4.38. The predicted octanol–water partition coefficient (Wildman–Crippen LogP) is 6.57. The fourth-order valence-electron chi connectivity index (χ4n) is 3.43. The Hall–Kier alpha value is -3.17. The summed E-state index contributed by atoms with van der Waals surface area (Å²) in [5, 5.41) is 1.24. The van der Waals surface area contributed by atoms with E-state index in [1.165, 1.54) is 26.7 Å². The third-order valence-electron chi connectivity index (χ3n) is 4.89. The van der Waals surface area contributed by atoms with Crippen LogP contribution in [0.15, 0.2) is 84.9 Å². The first-order chi connectivity index (χ1) is 14.3. The summed E-state index contributed by atoms with van der Waals surface area (Å²) in [6.45, 7) is 3.12. The molecular weight excluding hydrogens is 374 g/mol. The summed E-state index contributed by atoms with van der Waals surface area (Å²) in [7, 11) is 1.69. The summed E-state index contributed by atoms with van der Waals surface area (Å²) in [5.41, 5.74) is 4.93. The van der Waals surface area contributed by atoms with E-state index in [9.17, 15) is 0 Å². The molecule has 0 aliphatic heterocycles. The van der Waals surface area contributed by atoms with Crippen molar-refractivity contribution in [1.82, 2.24) is 0 Å². The number of rotatable bonds is 6. The third-order valence-corrected chi connectivity index (χ3v) is 6.09. The van der Waals surface area contributed by atoms with Crippen LogP contribution in [0, 0.1) is 0 Å². The van der Waals surface area contributed by atoms with Gasteiger partial charge in [-0.1, -0.05) is 72.0 Å². The molecule has 0 amide bonds. The third kappa shape index (κ3) is 4.15. The van der Waals surface area contributed by atoms with E-state index in [1.54, 1.807) is 7.11 Å². The molecule has 1 aromatic heterocycles. The van der Waals surface area contributed by atoms with Gasteiger partial charge in [0.1, 0.15) is 17.2 Å². The lowest BCUT2D eigenvalue weighted by Gasteiger charge is -2.02. The van der Waals surface area contributed by atoms with E-state index in [0.717, 1.165) is 17.9 Å². The molecule has 0 unspecified atom stereocenters. The topological polar surface area (TPSA) is 13.1 Å². The van der Waals surface area contributed by atoms with Crippen molar-refractivity contribution in [3.8, 4) is 27.4 Å². The first-order valence-electron chi connectivity index (χ1n) is 9.79. The van der Waals surface area contributed by atoms with Gasteiger partial charge in [-0.05, 0) is 48.4 Å². The summed E-state index contributed by atoms with van der Waals surface area (Å²) < 4.78 is 7.66. The number of thiazole rings is 1. The molecule has 0 spiro atoms. The van der Waals surface area contributed by atoms with Gasteiger partial charge >= 0.3 is 0 Å². The summed E-state index contributed by atoms with van der Waals surface area (Å²) in [5.74, 6) is 0.875. The molecule has 0 aliphatic carbocycles. The van der Waals surface area contributed by atoms with Crippen LogP contribution in [0.3, 0.4) is 0 Å². The number of benzene rings is 3. The molecule has 29 heavy (non-hydrogen) atoms. The van der Waals surface area contributed by atoms with Crippen molar-refractivity contribution in [1.29, 1.82) is 0 Å². The monoisotopic (exact) mass is 398 g/mol. The van der Waals surface area contributed by atoms with E-state index < -0.39 is 0 Å². The van der Waals surface area contributed by atoms with Gasteiger partial charge in [-0.15, -0.1) is 0 Å². The average Bonchev–Trinajstić information content (AvgIpc) is 3.17. The second kappa shape index (κ2) is 8.89. The molecule has 0 aliphatic rings. The van der Waals surface area contributed by atoms with Gasteiger partial charge in [0.05, 0.1) is 7.11 Å². The number of aromatic nitrogens is 1. The predicted molar refractivity (Wildman–Crippen MR) is 123 cm³/mol. The van der Waals surface area contributed by atoms with Gasteiger partial charge in [0.2, 0.25) is 5.69 Å². The number of hydrogen-bond donors (Lipinski definition) is 0. The van der Waals surface area contributed by atoms with Gasteiger partial charge in [-0.3, -0.25) is 0 Å². The molecule has 1 heterocycles. The maximum absolute atomic E-state index is 5.26. The molecule has 3 heteroatoms. The molecule has 0 bridgehead atoms. The van der Waals surface area contributed by atoms with Crippen molar-refractivity contribution in [2.24, 2.45) is 0 Å². The lowest BCUT2D eigenvalue weighted by atomic mass is 10.1. The van der Waals surface area contributed by atoms with Crippen LogP contribution in [-0.4, -0.2) is 7.11 Å². The highest BCUT2D eigenvalue weighted by Gasteiger charge is 2.26. The van der Waals surface area contributed by atoms with Crippen molar-refractivity contribution in [2.45, 2.75) is 13.5 Å². The minimum absolute atomic E-state index is 0.875. The number of nitrogens with zero attached hydrogens (tertiary/aromatic N) is 1. The van der Waals surface area contributed by atoms with Gasteiger partial charge < -0.3 is 4.74 Å². The van der Waals surface area contributed by atoms with Crippen molar-refractivity contribution < 1.29 is 9.30 Å². The standard InChI is InChI=1S/C26H24NOS/c1-3-27-24(19-16-20-14-17-23(28-2)18-15-20)29-26(22-12-8-5-9-13-22)25(27)21-10-6-4-7-11-21/h4-19H,3H2,1-2H3/q+1. The van der Waals surface area contributed by atoms with E-state index in [0.29, 0.717) is 0 Å². The van der Waals surface area contributed by atoms with Crippen LogP contribution in [0.25, 0.3) is 33.9 Å². The molecule has 3 aromatic carbocycles. The number of hydrogen-bond acceptors (Lipinski definition) is 2. The second-order valence-electron chi connectivity index (χ2n) is 6.70. The molecule has 0 saturated carbocycles. The highest BCUT2D eigenvalue weighted by molar-refractivity contribution is 7.16.